The van der Waals surface area contributed by atoms with Gasteiger partial charge in [-0.15, -0.1) is 0 Å². The Labute approximate surface area is 136 Å². The maximum absolute atomic E-state index is 12.0. The van der Waals surface area contributed by atoms with Gasteiger partial charge >= 0.3 is 5.97 Å². The Morgan fingerprint density at radius 3 is 2.79 bits per heavy atom. The van der Waals surface area contributed by atoms with Crippen molar-refractivity contribution < 1.29 is 14.7 Å². The molecule has 4 rings (SSSR count). The Hall–Kier alpha value is -3.42. The van der Waals surface area contributed by atoms with Crippen LogP contribution in [0.1, 0.15) is 34.1 Å². The highest BCUT2D eigenvalue weighted by atomic mass is 16.4. The van der Waals surface area contributed by atoms with Gasteiger partial charge in [-0.25, -0.2) is 9.48 Å². The lowest BCUT2D eigenvalue weighted by Crippen LogP contribution is -2.25. The Bertz CT molecular complexity index is 928. The van der Waals surface area contributed by atoms with Crippen molar-refractivity contribution in [2.24, 2.45) is 0 Å². The van der Waals surface area contributed by atoms with Gasteiger partial charge in [-0.2, -0.15) is 10.2 Å². The third kappa shape index (κ3) is 2.16. The highest BCUT2D eigenvalue weighted by molar-refractivity contribution is 5.98. The lowest BCUT2D eigenvalue weighted by Gasteiger charge is -2.23. The van der Waals surface area contributed by atoms with Crippen molar-refractivity contribution in [3.8, 4) is 5.69 Å². The van der Waals surface area contributed by atoms with E-state index >= 15 is 0 Å². The van der Waals surface area contributed by atoms with Gasteiger partial charge in [-0.1, -0.05) is 18.2 Å². The van der Waals surface area contributed by atoms with Gasteiger partial charge in [-0.05, 0) is 18.2 Å². The summed E-state index contributed by atoms with van der Waals surface area (Å²) in [6.45, 7) is 0. The molecular formula is C16H13N5O3. The van der Waals surface area contributed by atoms with E-state index in [1.807, 2.05) is 30.3 Å². The summed E-state index contributed by atoms with van der Waals surface area (Å²) < 4.78 is 1.71. The summed E-state index contributed by atoms with van der Waals surface area (Å²) in [7, 11) is 0. The van der Waals surface area contributed by atoms with Gasteiger partial charge in [0.15, 0.2) is 5.82 Å². The number of aromatic nitrogens is 4. The van der Waals surface area contributed by atoms with E-state index in [9.17, 15) is 14.7 Å². The molecule has 24 heavy (non-hydrogen) atoms. The standard InChI is InChI=1S/C16H13N5O3/c22-12-8-10(13-14(16(23)24)19-20-15(13)18-12)11-6-7-17-21(11)9-4-2-1-3-5-9/h1-7,10H,8H2,(H,23,24)(H2,18,19,20,22). The van der Waals surface area contributed by atoms with Crippen LogP contribution < -0.4 is 5.32 Å². The van der Waals surface area contributed by atoms with Crippen LogP contribution in [0.5, 0.6) is 0 Å². The minimum absolute atomic E-state index is 0.0178. The van der Waals surface area contributed by atoms with Crippen LogP contribution in [0.2, 0.25) is 0 Å². The molecule has 1 aliphatic heterocycles. The molecule has 0 radical (unpaired) electrons. The number of aromatic amines is 1. The van der Waals surface area contributed by atoms with Crippen LogP contribution in [0.25, 0.3) is 5.69 Å². The monoisotopic (exact) mass is 323 g/mol. The van der Waals surface area contributed by atoms with E-state index in [0.29, 0.717) is 5.56 Å². The third-order valence-electron chi connectivity index (χ3n) is 4.04. The minimum Gasteiger partial charge on any atom is -0.477 e. The summed E-state index contributed by atoms with van der Waals surface area (Å²) in [6, 6.07) is 11.3. The smallest absolute Gasteiger partial charge is 0.354 e. The number of hydrogen-bond acceptors (Lipinski definition) is 4. The van der Waals surface area contributed by atoms with Gasteiger partial charge in [0.05, 0.1) is 11.4 Å². The van der Waals surface area contributed by atoms with Crippen LogP contribution in [-0.2, 0) is 4.79 Å². The first-order valence-electron chi connectivity index (χ1n) is 7.36. The van der Waals surface area contributed by atoms with E-state index in [2.05, 4.69) is 20.6 Å². The summed E-state index contributed by atoms with van der Waals surface area (Å²) in [5.41, 5.74) is 2.03. The number of aromatic carboxylic acids is 1. The number of carboxylic acid groups (broad SMARTS) is 1. The summed E-state index contributed by atoms with van der Waals surface area (Å²) in [5, 5.41) is 22.7. The Balaban J connectivity index is 1.88. The molecule has 2 aromatic heterocycles. The van der Waals surface area contributed by atoms with Crippen molar-refractivity contribution in [2.75, 3.05) is 5.32 Å². The zero-order valence-corrected chi connectivity index (χ0v) is 12.4. The number of fused-ring (bicyclic) bond motifs is 1. The number of benzene rings is 1. The van der Waals surface area contributed by atoms with Crippen LogP contribution in [-0.4, -0.2) is 37.0 Å². The number of hydrogen-bond donors (Lipinski definition) is 3. The molecule has 1 atom stereocenters. The average molecular weight is 323 g/mol. The number of carboxylic acids is 1. The second kappa shape index (κ2) is 5.34. The molecule has 3 aromatic rings. The first kappa shape index (κ1) is 14.2. The van der Waals surface area contributed by atoms with Gasteiger partial charge < -0.3 is 10.4 Å². The lowest BCUT2D eigenvalue weighted by molar-refractivity contribution is -0.116. The molecule has 0 saturated carbocycles. The summed E-state index contributed by atoms with van der Waals surface area (Å²) in [4.78, 5) is 23.5. The van der Waals surface area contributed by atoms with E-state index in [1.165, 1.54) is 0 Å². The predicted octanol–water partition coefficient (Wildman–Crippen LogP) is 1.77. The molecule has 3 N–H and O–H groups in total. The SMILES string of the molecule is O=C1CC(c2ccnn2-c2ccccc2)c2c(n[nH]c2C(=O)O)N1. The van der Waals surface area contributed by atoms with Gasteiger partial charge in [0, 0.05) is 24.1 Å². The lowest BCUT2D eigenvalue weighted by atomic mass is 9.89. The molecule has 1 aromatic carbocycles. The Morgan fingerprint density at radius 1 is 1.25 bits per heavy atom. The van der Waals surface area contributed by atoms with Crippen molar-refractivity contribution in [1.29, 1.82) is 0 Å². The summed E-state index contributed by atoms with van der Waals surface area (Å²) in [5.74, 6) is -1.51. The third-order valence-corrected chi connectivity index (χ3v) is 4.04. The number of rotatable bonds is 3. The molecule has 0 saturated heterocycles. The molecule has 1 amide bonds. The highest BCUT2D eigenvalue weighted by Crippen LogP contribution is 2.38. The molecule has 8 heteroatoms. The van der Waals surface area contributed by atoms with Gasteiger partial charge in [0.2, 0.25) is 5.91 Å². The van der Waals surface area contributed by atoms with E-state index in [0.717, 1.165) is 11.4 Å². The van der Waals surface area contributed by atoms with Crippen LogP contribution >= 0.6 is 0 Å². The number of carbonyl (C=O) groups is 2. The van der Waals surface area contributed by atoms with Crippen molar-refractivity contribution in [3.63, 3.8) is 0 Å². The number of para-hydroxylation sites is 1. The maximum atomic E-state index is 12.0. The van der Waals surface area contributed by atoms with Crippen LogP contribution in [0.3, 0.4) is 0 Å². The van der Waals surface area contributed by atoms with E-state index < -0.39 is 11.9 Å². The molecule has 1 aliphatic rings. The predicted molar refractivity (Wildman–Crippen MR) is 84.2 cm³/mol. The van der Waals surface area contributed by atoms with E-state index in [4.69, 9.17) is 0 Å². The molecule has 0 bridgehead atoms. The first-order chi connectivity index (χ1) is 11.6. The number of amides is 1. The van der Waals surface area contributed by atoms with Gasteiger partial charge in [0.1, 0.15) is 5.69 Å². The second-order valence-corrected chi connectivity index (χ2v) is 5.47. The number of nitrogens with one attached hydrogen (secondary N) is 2. The number of anilines is 1. The topological polar surface area (TPSA) is 113 Å². The van der Waals surface area contributed by atoms with Crippen molar-refractivity contribution in [2.45, 2.75) is 12.3 Å². The number of carbonyl (C=O) groups excluding carboxylic acids is 1. The fraction of sp³-hybridized carbons (Fsp3) is 0.125. The zero-order valence-electron chi connectivity index (χ0n) is 12.4. The summed E-state index contributed by atoms with van der Waals surface area (Å²) in [6.07, 6.45) is 1.76. The fourth-order valence-corrected chi connectivity index (χ4v) is 3.03. The van der Waals surface area contributed by atoms with Crippen molar-refractivity contribution in [1.82, 2.24) is 20.0 Å². The molecule has 0 fully saturated rings. The quantitative estimate of drug-likeness (QED) is 0.680. The number of nitrogens with zero attached hydrogens (tertiary/aromatic N) is 3. The van der Waals surface area contributed by atoms with Crippen LogP contribution in [0.15, 0.2) is 42.6 Å². The molecule has 120 valence electrons. The van der Waals surface area contributed by atoms with E-state index in [1.54, 1.807) is 16.9 Å². The van der Waals surface area contributed by atoms with Gasteiger partial charge in [-0.3, -0.25) is 9.89 Å². The molecule has 8 nitrogen and oxygen atoms in total. The molecule has 0 aliphatic carbocycles. The van der Waals surface area contributed by atoms with Gasteiger partial charge in [0.25, 0.3) is 0 Å². The fourth-order valence-electron chi connectivity index (χ4n) is 3.03. The van der Waals surface area contributed by atoms with Crippen LogP contribution in [0, 0.1) is 0 Å². The minimum atomic E-state index is -1.12. The molecule has 0 spiro atoms. The normalized spacial score (nSPS) is 16.5. The summed E-state index contributed by atoms with van der Waals surface area (Å²) >= 11 is 0. The Morgan fingerprint density at radius 2 is 2.04 bits per heavy atom. The maximum Gasteiger partial charge on any atom is 0.354 e. The first-order valence-corrected chi connectivity index (χ1v) is 7.36. The van der Waals surface area contributed by atoms with Crippen molar-refractivity contribution >= 4 is 17.7 Å². The second-order valence-electron chi connectivity index (χ2n) is 5.47. The Kier molecular flexibility index (Phi) is 3.16. The average Bonchev–Trinajstić information content (AvgIpc) is 3.21. The van der Waals surface area contributed by atoms with Crippen LogP contribution in [0.4, 0.5) is 5.82 Å². The van der Waals surface area contributed by atoms with Crippen molar-refractivity contribution in [3.05, 3.63) is 59.5 Å². The molecule has 3 heterocycles. The largest absolute Gasteiger partial charge is 0.477 e. The molecular weight excluding hydrogens is 310 g/mol. The number of H-pyrrole nitrogens is 1. The molecule has 1 unspecified atom stereocenters. The zero-order chi connectivity index (χ0) is 16.7. The van der Waals surface area contributed by atoms with E-state index in [-0.39, 0.29) is 23.8 Å². The highest BCUT2D eigenvalue weighted by Gasteiger charge is 2.35.